The van der Waals surface area contributed by atoms with Gasteiger partial charge in [0.1, 0.15) is 17.3 Å². The lowest BCUT2D eigenvalue weighted by atomic mass is 10.0. The van der Waals surface area contributed by atoms with Gasteiger partial charge in [0.25, 0.3) is 5.91 Å². The molecule has 47 heavy (non-hydrogen) atoms. The first-order valence-electron chi connectivity index (χ1n) is 17.8. The maximum atomic E-state index is 15.1. The maximum Gasteiger partial charge on any atom is 0.251 e. The second kappa shape index (κ2) is 20.9. The van der Waals surface area contributed by atoms with Crippen molar-refractivity contribution in [2.24, 2.45) is 0 Å². The van der Waals surface area contributed by atoms with Gasteiger partial charge in [0.15, 0.2) is 0 Å². The molecule has 2 heterocycles. The third-order valence-corrected chi connectivity index (χ3v) is 9.85. The number of hydrogen-bond donors (Lipinski definition) is 1. The normalized spacial score (nSPS) is 12.7. The SMILES string of the molecule is CCCCCCCCCCCCCCCCCCOc1cccc(F)c1CN1C(=O)CSc2cc(C(=O)NCc3ccco3)ccc21. The fraction of sp³-hybridized carbons (Fsp3) is 0.538. The Labute approximate surface area is 285 Å². The number of nitrogens with zero attached hydrogens (tertiary/aromatic N) is 1. The summed E-state index contributed by atoms with van der Waals surface area (Å²) in [4.78, 5) is 28.2. The van der Waals surface area contributed by atoms with E-state index < -0.39 is 5.82 Å². The lowest BCUT2D eigenvalue weighted by molar-refractivity contribution is -0.116. The van der Waals surface area contributed by atoms with Crippen molar-refractivity contribution in [3.63, 3.8) is 0 Å². The molecule has 4 rings (SSSR count). The number of fused-ring (bicyclic) bond motifs is 1. The average Bonchev–Trinajstić information content (AvgIpc) is 3.61. The summed E-state index contributed by atoms with van der Waals surface area (Å²) in [5.74, 6) is 0.633. The van der Waals surface area contributed by atoms with E-state index >= 15 is 4.39 Å². The number of ether oxygens (including phenoxy) is 1. The number of carbonyl (C=O) groups is 2. The molecule has 1 aliphatic rings. The topological polar surface area (TPSA) is 71.8 Å². The van der Waals surface area contributed by atoms with Crippen molar-refractivity contribution in [1.29, 1.82) is 0 Å². The first-order valence-corrected chi connectivity index (χ1v) is 18.8. The highest BCUT2D eigenvalue weighted by Gasteiger charge is 2.28. The lowest BCUT2D eigenvalue weighted by Gasteiger charge is -2.30. The average molecular weight is 665 g/mol. The molecule has 0 fully saturated rings. The van der Waals surface area contributed by atoms with E-state index in [0.717, 1.165) is 17.7 Å². The summed E-state index contributed by atoms with van der Waals surface area (Å²) >= 11 is 1.39. The van der Waals surface area contributed by atoms with Crippen LogP contribution in [0.2, 0.25) is 0 Å². The van der Waals surface area contributed by atoms with E-state index in [2.05, 4.69) is 12.2 Å². The number of furan rings is 1. The highest BCUT2D eigenvalue weighted by atomic mass is 32.2. The number of halogens is 1. The first kappa shape index (κ1) is 36.6. The number of benzene rings is 2. The Bertz CT molecular complexity index is 1360. The van der Waals surface area contributed by atoms with Gasteiger partial charge in [-0.15, -0.1) is 11.8 Å². The van der Waals surface area contributed by atoms with Crippen molar-refractivity contribution in [2.75, 3.05) is 17.3 Å². The molecule has 3 aromatic rings. The summed E-state index contributed by atoms with van der Waals surface area (Å²) in [6.45, 7) is 3.15. The molecule has 0 bridgehead atoms. The second-order valence-electron chi connectivity index (χ2n) is 12.6. The summed E-state index contributed by atoms with van der Waals surface area (Å²) in [5, 5.41) is 2.85. The lowest BCUT2D eigenvalue weighted by Crippen LogP contribution is -2.35. The summed E-state index contributed by atoms with van der Waals surface area (Å²) in [6.07, 6.45) is 22.5. The summed E-state index contributed by atoms with van der Waals surface area (Å²) in [5.41, 5.74) is 1.53. The highest BCUT2D eigenvalue weighted by molar-refractivity contribution is 8.00. The van der Waals surface area contributed by atoms with Crippen LogP contribution in [0.3, 0.4) is 0 Å². The molecule has 0 saturated heterocycles. The second-order valence-corrected chi connectivity index (χ2v) is 13.6. The Hall–Kier alpha value is -3.26. The standard InChI is InChI=1S/C39H53FN2O4S/c1-2-3-4-5-6-7-8-9-10-11-12-13-14-15-16-17-25-46-36-22-18-21-34(40)33(36)29-42-35-24-23-31(27-37(35)47-30-38(42)43)39(44)41-28-32-20-19-26-45-32/h18-24,26-27H,2-17,25,28-30H2,1H3,(H,41,44). The Kier molecular flexibility index (Phi) is 16.2. The fourth-order valence-electron chi connectivity index (χ4n) is 6.02. The van der Waals surface area contributed by atoms with E-state index in [9.17, 15) is 9.59 Å². The van der Waals surface area contributed by atoms with Gasteiger partial charge in [0.2, 0.25) is 5.91 Å². The molecule has 6 nitrogen and oxygen atoms in total. The third-order valence-electron chi connectivity index (χ3n) is 8.82. The quantitative estimate of drug-likeness (QED) is 0.102. The molecule has 0 unspecified atom stereocenters. The summed E-state index contributed by atoms with van der Waals surface area (Å²) in [6, 6.07) is 13.7. The largest absolute Gasteiger partial charge is 0.493 e. The van der Waals surface area contributed by atoms with Crippen LogP contribution in [0.4, 0.5) is 10.1 Å². The van der Waals surface area contributed by atoms with Gasteiger partial charge < -0.3 is 19.4 Å². The molecule has 1 aromatic heterocycles. The summed E-state index contributed by atoms with van der Waals surface area (Å²) in [7, 11) is 0. The Morgan fingerprint density at radius 3 is 2.17 bits per heavy atom. The molecule has 0 atom stereocenters. The number of unbranched alkanes of at least 4 members (excludes halogenated alkanes) is 15. The first-order chi connectivity index (χ1) is 23.1. The number of rotatable bonds is 23. The van der Waals surface area contributed by atoms with Crippen LogP contribution in [0.25, 0.3) is 0 Å². The van der Waals surface area contributed by atoms with Crippen molar-refractivity contribution < 1.29 is 23.1 Å². The van der Waals surface area contributed by atoms with E-state index in [1.165, 1.54) is 108 Å². The molecule has 0 saturated carbocycles. The van der Waals surface area contributed by atoms with E-state index in [1.54, 1.807) is 53.6 Å². The van der Waals surface area contributed by atoms with Gasteiger partial charge in [-0.2, -0.15) is 0 Å². The third kappa shape index (κ3) is 12.4. The zero-order valence-electron chi connectivity index (χ0n) is 28.2. The molecule has 256 valence electrons. The Morgan fingerprint density at radius 2 is 1.53 bits per heavy atom. The van der Waals surface area contributed by atoms with Gasteiger partial charge in [-0.3, -0.25) is 9.59 Å². The molecule has 0 radical (unpaired) electrons. The Morgan fingerprint density at radius 1 is 0.872 bits per heavy atom. The highest BCUT2D eigenvalue weighted by Crippen LogP contribution is 2.38. The predicted molar refractivity (Wildman–Crippen MR) is 190 cm³/mol. The van der Waals surface area contributed by atoms with Gasteiger partial charge in [-0.25, -0.2) is 4.39 Å². The van der Waals surface area contributed by atoms with Crippen LogP contribution < -0.4 is 15.0 Å². The summed E-state index contributed by atoms with van der Waals surface area (Å²) < 4.78 is 26.5. The molecule has 2 aromatic carbocycles. The van der Waals surface area contributed by atoms with Gasteiger partial charge >= 0.3 is 0 Å². The number of anilines is 1. The van der Waals surface area contributed by atoms with Crippen LogP contribution in [0, 0.1) is 5.82 Å². The molecule has 0 aliphatic carbocycles. The molecule has 1 N–H and O–H groups in total. The predicted octanol–water partition coefficient (Wildman–Crippen LogP) is 10.6. The maximum absolute atomic E-state index is 15.1. The number of hydrogen-bond acceptors (Lipinski definition) is 5. The van der Waals surface area contributed by atoms with Crippen LogP contribution in [0.5, 0.6) is 5.75 Å². The van der Waals surface area contributed by atoms with Crippen LogP contribution in [-0.4, -0.2) is 24.2 Å². The minimum atomic E-state index is -0.393. The fourth-order valence-corrected chi connectivity index (χ4v) is 6.99. The van der Waals surface area contributed by atoms with Crippen molar-refractivity contribution in [3.8, 4) is 5.75 Å². The molecule has 2 amide bonds. The van der Waals surface area contributed by atoms with Crippen molar-refractivity contribution >= 4 is 29.3 Å². The van der Waals surface area contributed by atoms with Crippen molar-refractivity contribution in [1.82, 2.24) is 5.32 Å². The van der Waals surface area contributed by atoms with Crippen LogP contribution in [-0.2, 0) is 17.9 Å². The van der Waals surface area contributed by atoms with Crippen LogP contribution in [0.1, 0.15) is 131 Å². The molecule has 1 aliphatic heterocycles. The van der Waals surface area contributed by atoms with E-state index in [1.807, 2.05) is 0 Å². The van der Waals surface area contributed by atoms with E-state index in [4.69, 9.17) is 9.15 Å². The van der Waals surface area contributed by atoms with Crippen molar-refractivity contribution in [2.45, 2.75) is 128 Å². The number of thioether (sulfide) groups is 1. The smallest absolute Gasteiger partial charge is 0.251 e. The number of amides is 2. The Balaban J connectivity index is 1.16. The zero-order chi connectivity index (χ0) is 33.1. The molecular weight excluding hydrogens is 612 g/mol. The minimum absolute atomic E-state index is 0.0669. The van der Waals surface area contributed by atoms with E-state index in [-0.39, 0.29) is 30.7 Å². The molecule has 8 heteroatoms. The van der Waals surface area contributed by atoms with E-state index in [0.29, 0.717) is 34.9 Å². The number of carbonyl (C=O) groups excluding carboxylic acids is 2. The van der Waals surface area contributed by atoms with Crippen molar-refractivity contribution in [3.05, 3.63) is 77.5 Å². The van der Waals surface area contributed by atoms with Gasteiger partial charge in [0.05, 0.1) is 37.4 Å². The minimum Gasteiger partial charge on any atom is -0.493 e. The molecular formula is C39H53FN2O4S. The van der Waals surface area contributed by atoms with Gasteiger partial charge in [-0.05, 0) is 48.9 Å². The monoisotopic (exact) mass is 664 g/mol. The van der Waals surface area contributed by atoms with Crippen LogP contribution >= 0.6 is 11.8 Å². The van der Waals surface area contributed by atoms with Gasteiger partial charge in [0, 0.05) is 16.0 Å². The molecule has 0 spiro atoms. The van der Waals surface area contributed by atoms with Crippen LogP contribution in [0.15, 0.2) is 64.1 Å². The zero-order valence-corrected chi connectivity index (χ0v) is 29.0. The van der Waals surface area contributed by atoms with Gasteiger partial charge in [-0.1, -0.05) is 109 Å². The number of nitrogens with one attached hydrogen (secondary N) is 1.